The summed E-state index contributed by atoms with van der Waals surface area (Å²) in [6.07, 6.45) is 11.7. The summed E-state index contributed by atoms with van der Waals surface area (Å²) in [7, 11) is 9.38. The Labute approximate surface area is 143 Å². The van der Waals surface area contributed by atoms with E-state index in [9.17, 15) is 0 Å². The lowest BCUT2D eigenvalue weighted by atomic mass is 10.1. The Kier molecular flexibility index (Phi) is 10.3. The molecule has 138 valence electrons. The fourth-order valence-electron chi connectivity index (χ4n) is 3.50. The molecule has 0 spiro atoms. The van der Waals surface area contributed by atoms with Crippen molar-refractivity contribution in [1.29, 1.82) is 0 Å². The van der Waals surface area contributed by atoms with Crippen LogP contribution in [0.1, 0.15) is 57.8 Å². The number of hydrogen-bond donors (Lipinski definition) is 0. The van der Waals surface area contributed by atoms with Crippen molar-refractivity contribution in [3.8, 4) is 0 Å². The van der Waals surface area contributed by atoms with E-state index in [0.717, 1.165) is 12.8 Å². The third kappa shape index (κ3) is 7.06. The number of nitrogens with zero attached hydrogens (tertiary/aromatic N) is 2. The molecule has 0 N–H and O–H groups in total. The van der Waals surface area contributed by atoms with Crippen molar-refractivity contribution in [3.05, 3.63) is 0 Å². The van der Waals surface area contributed by atoms with Crippen molar-refractivity contribution in [1.82, 2.24) is 9.80 Å². The van der Waals surface area contributed by atoms with Crippen LogP contribution in [-0.2, 0) is 14.2 Å². The summed E-state index contributed by atoms with van der Waals surface area (Å²) in [6, 6.07) is 0. The van der Waals surface area contributed by atoms with E-state index >= 15 is 0 Å². The molecule has 0 radical (unpaired) electrons. The van der Waals surface area contributed by atoms with E-state index in [4.69, 9.17) is 14.2 Å². The highest BCUT2D eigenvalue weighted by Gasteiger charge is 2.28. The van der Waals surface area contributed by atoms with Gasteiger partial charge in [-0.3, -0.25) is 9.80 Å². The van der Waals surface area contributed by atoms with E-state index in [-0.39, 0.29) is 0 Å². The molecule has 0 saturated carbocycles. The molecule has 0 aromatic heterocycles. The third-order valence-electron chi connectivity index (χ3n) is 5.20. The van der Waals surface area contributed by atoms with Crippen molar-refractivity contribution < 1.29 is 14.2 Å². The predicted octanol–water partition coefficient (Wildman–Crippen LogP) is 3.29. The summed E-state index contributed by atoms with van der Waals surface area (Å²) in [6.45, 7) is 2.43. The van der Waals surface area contributed by atoms with Crippen LogP contribution in [0, 0.1) is 0 Å². The van der Waals surface area contributed by atoms with Gasteiger partial charge in [-0.15, -0.1) is 0 Å². The van der Waals surface area contributed by atoms with Gasteiger partial charge in [-0.05, 0) is 26.9 Å². The standard InChI is InChI=1S/C18H38N2O3/c1-19-15-16-20(2)17(19)13-11-9-7-6-8-10-12-14-18(21-3,22-4)23-5/h17H,6-16H2,1-5H3. The first-order valence-electron chi connectivity index (χ1n) is 9.14. The van der Waals surface area contributed by atoms with E-state index in [0.29, 0.717) is 6.17 Å². The quantitative estimate of drug-likeness (QED) is 0.382. The molecular weight excluding hydrogens is 292 g/mol. The van der Waals surface area contributed by atoms with Crippen LogP contribution in [0.3, 0.4) is 0 Å². The monoisotopic (exact) mass is 330 g/mol. The summed E-state index contributed by atoms with van der Waals surface area (Å²) in [5.74, 6) is -0.848. The number of ether oxygens (including phenoxy) is 3. The third-order valence-corrected chi connectivity index (χ3v) is 5.20. The highest BCUT2D eigenvalue weighted by Crippen LogP contribution is 2.22. The largest absolute Gasteiger partial charge is 0.331 e. The first-order chi connectivity index (χ1) is 11.1. The molecule has 5 nitrogen and oxygen atoms in total. The van der Waals surface area contributed by atoms with Gasteiger partial charge in [0.05, 0.1) is 6.17 Å². The van der Waals surface area contributed by atoms with Gasteiger partial charge >= 0.3 is 0 Å². The van der Waals surface area contributed by atoms with Crippen LogP contribution in [0.4, 0.5) is 0 Å². The van der Waals surface area contributed by atoms with Crippen LogP contribution in [-0.4, -0.2) is 70.5 Å². The second-order valence-corrected chi connectivity index (χ2v) is 6.75. The molecule has 0 aromatic carbocycles. The van der Waals surface area contributed by atoms with Crippen LogP contribution < -0.4 is 0 Å². The van der Waals surface area contributed by atoms with E-state index in [1.807, 2.05) is 0 Å². The molecule has 0 unspecified atom stereocenters. The van der Waals surface area contributed by atoms with Crippen molar-refractivity contribution in [2.24, 2.45) is 0 Å². The number of unbranched alkanes of at least 4 members (excludes halogenated alkanes) is 6. The van der Waals surface area contributed by atoms with Crippen LogP contribution in [0.2, 0.25) is 0 Å². The molecule has 1 saturated heterocycles. The average Bonchev–Trinajstić information content (AvgIpc) is 2.89. The average molecular weight is 331 g/mol. The summed E-state index contributed by atoms with van der Waals surface area (Å²) in [5.41, 5.74) is 0. The fraction of sp³-hybridized carbons (Fsp3) is 1.00. The molecule has 0 amide bonds. The lowest BCUT2D eigenvalue weighted by molar-refractivity contribution is -0.355. The first kappa shape index (κ1) is 20.8. The van der Waals surface area contributed by atoms with Gasteiger partial charge < -0.3 is 14.2 Å². The minimum Gasteiger partial charge on any atom is -0.331 e. The molecule has 1 fully saturated rings. The van der Waals surface area contributed by atoms with Crippen molar-refractivity contribution in [2.45, 2.75) is 69.9 Å². The minimum absolute atomic E-state index is 0.667. The summed E-state index contributed by atoms with van der Waals surface area (Å²) in [4.78, 5) is 4.96. The molecule has 1 aliphatic heterocycles. The normalized spacial score (nSPS) is 18.1. The molecule has 0 aromatic rings. The molecule has 23 heavy (non-hydrogen) atoms. The Morgan fingerprint density at radius 3 is 1.65 bits per heavy atom. The van der Waals surface area contributed by atoms with Gasteiger partial charge in [-0.1, -0.05) is 38.5 Å². The van der Waals surface area contributed by atoms with Gasteiger partial charge in [0, 0.05) is 40.8 Å². The van der Waals surface area contributed by atoms with Gasteiger partial charge in [0.15, 0.2) is 0 Å². The SMILES string of the molecule is COC(CCCCCCCCCC1N(C)CCN1C)(OC)OC. The van der Waals surface area contributed by atoms with Gasteiger partial charge in [0.25, 0.3) is 5.97 Å². The van der Waals surface area contributed by atoms with Crippen LogP contribution in [0.5, 0.6) is 0 Å². The minimum atomic E-state index is -0.848. The smallest absolute Gasteiger partial charge is 0.282 e. The highest BCUT2D eigenvalue weighted by atomic mass is 16.9. The number of likely N-dealkylation sites (N-methyl/N-ethyl adjacent to an activating group) is 2. The molecule has 5 heteroatoms. The summed E-state index contributed by atoms with van der Waals surface area (Å²) < 4.78 is 15.9. The lowest BCUT2D eigenvalue weighted by Gasteiger charge is -2.28. The Morgan fingerprint density at radius 1 is 0.739 bits per heavy atom. The Balaban J connectivity index is 1.96. The van der Waals surface area contributed by atoms with Gasteiger partial charge in [-0.2, -0.15) is 0 Å². The zero-order valence-corrected chi connectivity index (χ0v) is 16.0. The maximum Gasteiger partial charge on any atom is 0.282 e. The van der Waals surface area contributed by atoms with Crippen molar-refractivity contribution >= 4 is 0 Å². The van der Waals surface area contributed by atoms with Crippen molar-refractivity contribution in [2.75, 3.05) is 48.5 Å². The van der Waals surface area contributed by atoms with Crippen LogP contribution >= 0.6 is 0 Å². The maximum absolute atomic E-state index is 5.31. The van der Waals surface area contributed by atoms with Gasteiger partial charge in [-0.25, -0.2) is 0 Å². The summed E-state index contributed by atoms with van der Waals surface area (Å²) >= 11 is 0. The molecule has 0 bridgehead atoms. The zero-order valence-electron chi connectivity index (χ0n) is 16.0. The van der Waals surface area contributed by atoms with E-state index in [2.05, 4.69) is 23.9 Å². The number of rotatable bonds is 13. The summed E-state index contributed by atoms with van der Waals surface area (Å²) in [5, 5.41) is 0. The van der Waals surface area contributed by atoms with Crippen LogP contribution in [0.15, 0.2) is 0 Å². The Morgan fingerprint density at radius 2 is 1.17 bits per heavy atom. The molecule has 1 aliphatic rings. The fourth-order valence-corrected chi connectivity index (χ4v) is 3.50. The van der Waals surface area contributed by atoms with E-state index in [1.54, 1.807) is 21.3 Å². The number of methoxy groups -OCH3 is 3. The number of hydrogen-bond acceptors (Lipinski definition) is 5. The predicted molar refractivity (Wildman–Crippen MR) is 94.4 cm³/mol. The van der Waals surface area contributed by atoms with Crippen LogP contribution in [0.25, 0.3) is 0 Å². The second-order valence-electron chi connectivity index (χ2n) is 6.75. The topological polar surface area (TPSA) is 34.2 Å². The Bertz CT molecular complexity index is 280. The molecule has 1 rings (SSSR count). The second kappa shape index (κ2) is 11.4. The first-order valence-corrected chi connectivity index (χ1v) is 9.14. The van der Waals surface area contributed by atoms with Gasteiger partial charge in [0.2, 0.25) is 0 Å². The van der Waals surface area contributed by atoms with Crippen molar-refractivity contribution in [3.63, 3.8) is 0 Å². The molecular formula is C18H38N2O3. The molecule has 1 heterocycles. The maximum atomic E-state index is 5.31. The van der Waals surface area contributed by atoms with E-state index in [1.165, 1.54) is 58.0 Å². The molecule has 0 aliphatic carbocycles. The highest BCUT2D eigenvalue weighted by molar-refractivity contribution is 4.76. The molecule has 0 atom stereocenters. The lowest BCUT2D eigenvalue weighted by Crippen LogP contribution is -2.35. The zero-order chi connectivity index (χ0) is 17.1. The Hall–Kier alpha value is -0.200. The van der Waals surface area contributed by atoms with E-state index < -0.39 is 5.97 Å². The van der Waals surface area contributed by atoms with Gasteiger partial charge in [0.1, 0.15) is 0 Å².